The van der Waals surface area contributed by atoms with Gasteiger partial charge in [0.05, 0.1) is 17.0 Å². The molecule has 4 aromatic rings. The lowest BCUT2D eigenvalue weighted by molar-refractivity contribution is 0.0971. The second-order valence-electron chi connectivity index (χ2n) is 7.54. The molecule has 0 spiro atoms. The van der Waals surface area contributed by atoms with Crippen LogP contribution in [0.1, 0.15) is 27.7 Å². The summed E-state index contributed by atoms with van der Waals surface area (Å²) in [6.07, 6.45) is 1.63. The minimum absolute atomic E-state index is 0.0263. The fourth-order valence-corrected chi connectivity index (χ4v) is 4.42. The minimum atomic E-state index is -0.773. The number of halogens is 2. The summed E-state index contributed by atoms with van der Waals surface area (Å²) in [7, 11) is 0. The highest BCUT2D eigenvalue weighted by atomic mass is 79.9. The molecule has 5 rings (SSSR count). The molecule has 0 N–H and O–H groups in total. The van der Waals surface area contributed by atoms with Gasteiger partial charge in [0.25, 0.3) is 5.91 Å². The van der Waals surface area contributed by atoms with E-state index in [9.17, 15) is 14.0 Å². The van der Waals surface area contributed by atoms with Gasteiger partial charge in [0, 0.05) is 10.2 Å². The first kappa shape index (κ1) is 21.2. The van der Waals surface area contributed by atoms with Crippen LogP contribution < -0.4 is 15.1 Å². The second kappa shape index (κ2) is 8.33. The fourth-order valence-electron chi connectivity index (χ4n) is 4.06. The van der Waals surface area contributed by atoms with Crippen LogP contribution in [0.2, 0.25) is 0 Å². The molecule has 1 aliphatic rings. The Bertz CT molecular complexity index is 1460. The van der Waals surface area contributed by atoms with E-state index in [4.69, 9.17) is 9.15 Å². The SMILES string of the molecule is C=CCOc1cccc(C2c3c(oc4ccc(Br)cc4c3=O)C(=O)N2c2ccc(F)cc2)c1. The van der Waals surface area contributed by atoms with Crippen molar-refractivity contribution in [2.45, 2.75) is 6.04 Å². The number of carbonyl (C=O) groups excluding carboxylic acids is 1. The monoisotopic (exact) mass is 505 g/mol. The maximum atomic E-state index is 13.6. The first-order chi connectivity index (χ1) is 16.0. The lowest BCUT2D eigenvalue weighted by Gasteiger charge is -2.25. The highest BCUT2D eigenvalue weighted by Gasteiger charge is 2.43. The molecule has 1 atom stereocenters. The number of fused-ring (bicyclic) bond motifs is 2. The van der Waals surface area contributed by atoms with Gasteiger partial charge < -0.3 is 9.15 Å². The van der Waals surface area contributed by atoms with E-state index >= 15 is 0 Å². The second-order valence-corrected chi connectivity index (χ2v) is 8.46. The van der Waals surface area contributed by atoms with Crippen LogP contribution in [0, 0.1) is 5.82 Å². The molecule has 0 saturated heterocycles. The van der Waals surface area contributed by atoms with E-state index < -0.39 is 17.8 Å². The smallest absolute Gasteiger partial charge is 0.295 e. The zero-order valence-electron chi connectivity index (χ0n) is 17.3. The Morgan fingerprint density at radius 1 is 1.09 bits per heavy atom. The molecule has 1 unspecified atom stereocenters. The van der Waals surface area contributed by atoms with E-state index in [1.165, 1.54) is 29.2 Å². The van der Waals surface area contributed by atoms with Crippen LogP contribution in [0.25, 0.3) is 11.0 Å². The largest absolute Gasteiger partial charge is 0.490 e. The molecule has 0 saturated carbocycles. The molecular weight excluding hydrogens is 489 g/mol. The Kier molecular flexibility index (Phi) is 5.34. The van der Waals surface area contributed by atoms with Crippen molar-refractivity contribution in [1.29, 1.82) is 0 Å². The van der Waals surface area contributed by atoms with Crippen LogP contribution in [0.4, 0.5) is 10.1 Å². The summed E-state index contributed by atoms with van der Waals surface area (Å²) >= 11 is 3.39. The predicted octanol–water partition coefficient (Wildman–Crippen LogP) is 6.01. The fraction of sp³-hybridized carbons (Fsp3) is 0.0769. The number of amides is 1. The Morgan fingerprint density at radius 3 is 2.64 bits per heavy atom. The Morgan fingerprint density at radius 2 is 1.88 bits per heavy atom. The number of benzene rings is 3. The van der Waals surface area contributed by atoms with Crippen molar-refractivity contribution in [3.8, 4) is 5.75 Å². The lowest BCUT2D eigenvalue weighted by atomic mass is 9.98. The molecule has 0 radical (unpaired) electrons. The van der Waals surface area contributed by atoms with E-state index in [2.05, 4.69) is 22.5 Å². The highest BCUT2D eigenvalue weighted by Crippen LogP contribution is 2.42. The number of ether oxygens (including phenoxy) is 1. The third kappa shape index (κ3) is 3.64. The molecule has 3 aromatic carbocycles. The molecule has 0 fully saturated rings. The highest BCUT2D eigenvalue weighted by molar-refractivity contribution is 9.10. The Hall–Kier alpha value is -3.71. The quantitative estimate of drug-likeness (QED) is 0.311. The average Bonchev–Trinajstić information content (AvgIpc) is 3.11. The number of hydrogen-bond donors (Lipinski definition) is 0. The molecule has 1 aliphatic heterocycles. The zero-order valence-corrected chi connectivity index (χ0v) is 18.8. The molecule has 7 heteroatoms. The Balaban J connectivity index is 1.76. The number of anilines is 1. The third-order valence-electron chi connectivity index (χ3n) is 5.48. The standard InChI is InChI=1S/C26H17BrFNO4/c1-2-12-32-19-5-3-4-15(13-19)23-22-24(30)20-14-16(27)6-11-21(20)33-25(22)26(31)29(23)18-9-7-17(28)8-10-18/h2-11,13-14,23H,1,12H2. The molecule has 0 bridgehead atoms. The first-order valence-corrected chi connectivity index (χ1v) is 11.0. The van der Waals surface area contributed by atoms with Crippen molar-refractivity contribution in [3.63, 3.8) is 0 Å². The molecule has 2 heterocycles. The average molecular weight is 506 g/mol. The van der Waals surface area contributed by atoms with E-state index in [-0.39, 0.29) is 16.8 Å². The van der Waals surface area contributed by atoms with Crippen LogP contribution in [0.3, 0.4) is 0 Å². The van der Waals surface area contributed by atoms with E-state index in [0.29, 0.717) is 34.6 Å². The van der Waals surface area contributed by atoms with Crippen molar-refractivity contribution in [3.05, 3.63) is 117 Å². The van der Waals surface area contributed by atoms with Crippen LogP contribution in [0.5, 0.6) is 5.75 Å². The minimum Gasteiger partial charge on any atom is -0.490 e. The van der Waals surface area contributed by atoms with Gasteiger partial charge in [-0.1, -0.05) is 40.7 Å². The number of nitrogens with zero attached hydrogens (tertiary/aromatic N) is 1. The van der Waals surface area contributed by atoms with Crippen molar-refractivity contribution >= 4 is 38.5 Å². The normalized spacial score (nSPS) is 15.0. The summed E-state index contributed by atoms with van der Waals surface area (Å²) < 4.78 is 25.9. The van der Waals surface area contributed by atoms with E-state index in [1.54, 1.807) is 42.5 Å². The number of hydrogen-bond acceptors (Lipinski definition) is 4. The van der Waals surface area contributed by atoms with Gasteiger partial charge in [-0.2, -0.15) is 0 Å². The lowest BCUT2D eigenvalue weighted by Crippen LogP contribution is -2.29. The van der Waals surface area contributed by atoms with Gasteiger partial charge in [0.2, 0.25) is 5.76 Å². The van der Waals surface area contributed by atoms with Crippen molar-refractivity contribution < 1.29 is 18.3 Å². The summed E-state index contributed by atoms with van der Waals surface area (Å²) in [5.41, 5.74) is 1.36. The van der Waals surface area contributed by atoms with Gasteiger partial charge in [0.1, 0.15) is 23.8 Å². The molecular formula is C26H17BrFNO4. The summed E-state index contributed by atoms with van der Waals surface area (Å²) in [5.74, 6) is -0.355. The van der Waals surface area contributed by atoms with E-state index in [1.807, 2.05) is 6.07 Å². The van der Waals surface area contributed by atoms with Gasteiger partial charge >= 0.3 is 0 Å². The molecule has 1 amide bonds. The third-order valence-corrected chi connectivity index (χ3v) is 5.97. The van der Waals surface area contributed by atoms with Crippen LogP contribution in [-0.4, -0.2) is 12.5 Å². The zero-order chi connectivity index (χ0) is 23.1. The van der Waals surface area contributed by atoms with Crippen LogP contribution >= 0.6 is 15.9 Å². The van der Waals surface area contributed by atoms with Crippen LogP contribution in [0.15, 0.2) is 93.1 Å². The van der Waals surface area contributed by atoms with Gasteiger partial charge in [0.15, 0.2) is 5.43 Å². The van der Waals surface area contributed by atoms with Gasteiger partial charge in [-0.05, 0) is 60.2 Å². The van der Waals surface area contributed by atoms with Crippen molar-refractivity contribution in [2.75, 3.05) is 11.5 Å². The Labute approximate surface area is 196 Å². The summed E-state index contributed by atoms with van der Waals surface area (Å²) in [4.78, 5) is 28.6. The summed E-state index contributed by atoms with van der Waals surface area (Å²) in [6, 6.07) is 17.0. The van der Waals surface area contributed by atoms with Gasteiger partial charge in [-0.25, -0.2) is 4.39 Å². The molecule has 0 aliphatic carbocycles. The molecule has 33 heavy (non-hydrogen) atoms. The summed E-state index contributed by atoms with van der Waals surface area (Å²) in [6.45, 7) is 3.97. The van der Waals surface area contributed by atoms with Crippen LogP contribution in [-0.2, 0) is 0 Å². The van der Waals surface area contributed by atoms with Gasteiger partial charge in [-0.15, -0.1) is 0 Å². The van der Waals surface area contributed by atoms with E-state index in [0.717, 1.165) is 4.47 Å². The van der Waals surface area contributed by atoms with Gasteiger partial charge in [-0.3, -0.25) is 14.5 Å². The maximum Gasteiger partial charge on any atom is 0.295 e. The first-order valence-electron chi connectivity index (χ1n) is 10.2. The molecule has 5 nitrogen and oxygen atoms in total. The van der Waals surface area contributed by atoms with Crippen molar-refractivity contribution in [1.82, 2.24) is 0 Å². The predicted molar refractivity (Wildman–Crippen MR) is 127 cm³/mol. The van der Waals surface area contributed by atoms with Crippen molar-refractivity contribution in [2.24, 2.45) is 0 Å². The molecule has 164 valence electrons. The summed E-state index contributed by atoms with van der Waals surface area (Å²) in [5, 5.41) is 0.362. The number of rotatable bonds is 5. The topological polar surface area (TPSA) is 59.8 Å². The maximum absolute atomic E-state index is 13.6. The number of carbonyl (C=O) groups is 1. The molecule has 1 aromatic heterocycles.